The predicted octanol–water partition coefficient (Wildman–Crippen LogP) is 0.880. The number of rotatable bonds is 3. The molecule has 2 rings (SSSR count). The Kier molecular flexibility index (Phi) is 2.91. The first-order chi connectivity index (χ1) is 7.65. The zero-order valence-corrected chi connectivity index (χ0v) is 8.84. The minimum Gasteiger partial charge on any atom is -0.321 e. The van der Waals surface area contributed by atoms with Crippen LogP contribution < -0.4 is 5.73 Å². The van der Waals surface area contributed by atoms with E-state index in [9.17, 15) is 4.39 Å². The number of pyridine rings is 1. The van der Waals surface area contributed by atoms with Gasteiger partial charge >= 0.3 is 0 Å². The van der Waals surface area contributed by atoms with Crippen molar-refractivity contribution < 1.29 is 4.39 Å². The Bertz CT molecular complexity index is 480. The molecule has 6 heteroatoms. The summed E-state index contributed by atoms with van der Waals surface area (Å²) in [7, 11) is 0. The standard InChI is InChI=1S/C10H12FN5/c1-7(12)10-14-6-16(15-10)5-8-2-9(11)4-13-3-8/h2-4,6-7H,5,12H2,1H3. The van der Waals surface area contributed by atoms with Gasteiger partial charge in [-0.2, -0.15) is 5.10 Å². The highest BCUT2D eigenvalue weighted by Gasteiger charge is 2.06. The molecule has 2 aromatic heterocycles. The maximum atomic E-state index is 12.9. The average Bonchev–Trinajstić information content (AvgIpc) is 2.66. The van der Waals surface area contributed by atoms with Crippen LogP contribution in [0.15, 0.2) is 24.8 Å². The molecule has 0 aromatic carbocycles. The minimum atomic E-state index is -0.356. The summed E-state index contributed by atoms with van der Waals surface area (Å²) in [4.78, 5) is 7.81. The average molecular weight is 221 g/mol. The Balaban J connectivity index is 2.14. The molecule has 0 spiro atoms. The predicted molar refractivity (Wildman–Crippen MR) is 55.9 cm³/mol. The fourth-order valence-corrected chi connectivity index (χ4v) is 1.32. The molecule has 0 radical (unpaired) electrons. The molecule has 0 aliphatic carbocycles. The molecule has 1 unspecified atom stereocenters. The molecule has 16 heavy (non-hydrogen) atoms. The van der Waals surface area contributed by atoms with Crippen molar-refractivity contribution in [2.75, 3.05) is 0 Å². The first-order valence-corrected chi connectivity index (χ1v) is 4.89. The van der Waals surface area contributed by atoms with E-state index < -0.39 is 0 Å². The van der Waals surface area contributed by atoms with Crippen LogP contribution in [0.4, 0.5) is 4.39 Å². The zero-order valence-electron chi connectivity index (χ0n) is 8.84. The van der Waals surface area contributed by atoms with Crippen LogP contribution in [0.3, 0.4) is 0 Å². The molecule has 0 saturated heterocycles. The summed E-state index contributed by atoms with van der Waals surface area (Å²) in [6, 6.07) is 1.21. The van der Waals surface area contributed by atoms with E-state index in [-0.39, 0.29) is 11.9 Å². The summed E-state index contributed by atoms with van der Waals surface area (Å²) in [5.74, 6) is 0.217. The number of hydrogen-bond acceptors (Lipinski definition) is 4. The second kappa shape index (κ2) is 4.36. The number of halogens is 1. The van der Waals surface area contributed by atoms with E-state index in [2.05, 4.69) is 15.1 Å². The van der Waals surface area contributed by atoms with Crippen LogP contribution in [0, 0.1) is 5.82 Å². The molecular formula is C10H12FN5. The largest absolute Gasteiger partial charge is 0.321 e. The summed E-state index contributed by atoms with van der Waals surface area (Å²) in [6.07, 6.45) is 4.33. The fourth-order valence-electron chi connectivity index (χ4n) is 1.32. The van der Waals surface area contributed by atoms with Crippen LogP contribution in [-0.4, -0.2) is 19.7 Å². The van der Waals surface area contributed by atoms with Crippen molar-refractivity contribution in [3.05, 3.63) is 42.0 Å². The topological polar surface area (TPSA) is 69.6 Å². The van der Waals surface area contributed by atoms with Crippen LogP contribution in [0.1, 0.15) is 24.4 Å². The Morgan fingerprint density at radius 3 is 2.94 bits per heavy atom. The molecule has 0 amide bonds. The maximum absolute atomic E-state index is 12.9. The Hall–Kier alpha value is -1.82. The van der Waals surface area contributed by atoms with Crippen molar-refractivity contribution in [2.45, 2.75) is 19.5 Å². The van der Waals surface area contributed by atoms with Gasteiger partial charge < -0.3 is 5.73 Å². The maximum Gasteiger partial charge on any atom is 0.166 e. The van der Waals surface area contributed by atoms with E-state index in [0.29, 0.717) is 12.4 Å². The molecule has 2 aromatic rings. The molecule has 1 atom stereocenters. The highest BCUT2D eigenvalue weighted by Crippen LogP contribution is 2.05. The summed E-state index contributed by atoms with van der Waals surface area (Å²) in [5.41, 5.74) is 6.37. The van der Waals surface area contributed by atoms with Gasteiger partial charge in [-0.3, -0.25) is 4.98 Å². The smallest absolute Gasteiger partial charge is 0.166 e. The molecule has 0 bridgehead atoms. The molecule has 0 aliphatic rings. The van der Waals surface area contributed by atoms with Crippen LogP contribution in [0.2, 0.25) is 0 Å². The van der Waals surface area contributed by atoms with E-state index in [1.165, 1.54) is 6.07 Å². The Morgan fingerprint density at radius 1 is 1.50 bits per heavy atom. The molecule has 2 N–H and O–H groups in total. The van der Waals surface area contributed by atoms with Gasteiger partial charge in [0.05, 0.1) is 18.8 Å². The van der Waals surface area contributed by atoms with E-state index in [4.69, 9.17) is 5.73 Å². The van der Waals surface area contributed by atoms with Gasteiger partial charge in [0.15, 0.2) is 5.82 Å². The highest BCUT2D eigenvalue weighted by molar-refractivity contribution is 5.10. The lowest BCUT2D eigenvalue weighted by atomic mass is 10.3. The molecule has 84 valence electrons. The number of aromatic nitrogens is 4. The number of hydrogen-bond donors (Lipinski definition) is 1. The van der Waals surface area contributed by atoms with Gasteiger partial charge in [0, 0.05) is 6.20 Å². The van der Waals surface area contributed by atoms with Crippen LogP contribution >= 0.6 is 0 Å². The third-order valence-electron chi connectivity index (χ3n) is 2.07. The van der Waals surface area contributed by atoms with Crippen molar-refractivity contribution in [1.29, 1.82) is 0 Å². The molecule has 5 nitrogen and oxygen atoms in total. The summed E-state index contributed by atoms with van der Waals surface area (Å²) in [5, 5.41) is 4.17. The molecular weight excluding hydrogens is 209 g/mol. The van der Waals surface area contributed by atoms with E-state index in [0.717, 1.165) is 11.8 Å². The zero-order chi connectivity index (χ0) is 11.5. The normalized spacial score (nSPS) is 12.7. The molecule has 0 fully saturated rings. The lowest BCUT2D eigenvalue weighted by Crippen LogP contribution is -2.08. The molecule has 0 saturated carbocycles. The van der Waals surface area contributed by atoms with Gasteiger partial charge in [-0.25, -0.2) is 14.1 Å². The number of nitrogens with two attached hydrogens (primary N) is 1. The lowest BCUT2D eigenvalue weighted by molar-refractivity contribution is 0.608. The van der Waals surface area contributed by atoms with Gasteiger partial charge in [-0.15, -0.1) is 0 Å². The monoisotopic (exact) mass is 221 g/mol. The van der Waals surface area contributed by atoms with E-state index in [1.54, 1.807) is 17.2 Å². The van der Waals surface area contributed by atoms with Crippen molar-refractivity contribution >= 4 is 0 Å². The van der Waals surface area contributed by atoms with Gasteiger partial charge in [0.25, 0.3) is 0 Å². The first-order valence-electron chi connectivity index (χ1n) is 4.89. The quantitative estimate of drug-likeness (QED) is 0.835. The summed E-state index contributed by atoms with van der Waals surface area (Å²) < 4.78 is 14.5. The lowest BCUT2D eigenvalue weighted by Gasteiger charge is -2.01. The molecule has 2 heterocycles. The first kappa shape index (κ1) is 10.7. The summed E-state index contributed by atoms with van der Waals surface area (Å²) in [6.45, 7) is 2.24. The van der Waals surface area contributed by atoms with E-state index >= 15 is 0 Å². The highest BCUT2D eigenvalue weighted by atomic mass is 19.1. The van der Waals surface area contributed by atoms with Crippen molar-refractivity contribution in [3.63, 3.8) is 0 Å². The third kappa shape index (κ3) is 2.40. The number of nitrogens with zero attached hydrogens (tertiary/aromatic N) is 4. The third-order valence-corrected chi connectivity index (χ3v) is 2.07. The van der Waals surface area contributed by atoms with E-state index in [1.807, 2.05) is 6.92 Å². The fraction of sp³-hybridized carbons (Fsp3) is 0.300. The second-order valence-electron chi connectivity index (χ2n) is 3.60. The minimum absolute atomic E-state index is 0.202. The van der Waals surface area contributed by atoms with Crippen molar-refractivity contribution in [1.82, 2.24) is 19.7 Å². The Labute approximate surface area is 92.1 Å². The van der Waals surface area contributed by atoms with Gasteiger partial charge in [-0.1, -0.05) is 0 Å². The van der Waals surface area contributed by atoms with Gasteiger partial charge in [0.2, 0.25) is 0 Å². The SMILES string of the molecule is CC(N)c1ncn(Cc2cncc(F)c2)n1. The summed E-state index contributed by atoms with van der Waals surface area (Å²) >= 11 is 0. The van der Waals surface area contributed by atoms with Crippen LogP contribution in [-0.2, 0) is 6.54 Å². The van der Waals surface area contributed by atoms with Gasteiger partial charge in [-0.05, 0) is 18.6 Å². The van der Waals surface area contributed by atoms with Crippen LogP contribution in [0.5, 0.6) is 0 Å². The molecule has 0 aliphatic heterocycles. The van der Waals surface area contributed by atoms with Crippen molar-refractivity contribution in [2.24, 2.45) is 5.73 Å². The Morgan fingerprint density at radius 2 is 2.31 bits per heavy atom. The second-order valence-corrected chi connectivity index (χ2v) is 3.60. The van der Waals surface area contributed by atoms with Crippen LogP contribution in [0.25, 0.3) is 0 Å². The van der Waals surface area contributed by atoms with Gasteiger partial charge in [0.1, 0.15) is 12.1 Å². The van der Waals surface area contributed by atoms with Crippen molar-refractivity contribution in [3.8, 4) is 0 Å².